The van der Waals surface area contributed by atoms with Gasteiger partial charge in [0.1, 0.15) is 5.15 Å². The van der Waals surface area contributed by atoms with Crippen molar-refractivity contribution in [3.63, 3.8) is 0 Å². The number of halogens is 2. The second-order valence-corrected chi connectivity index (χ2v) is 5.84. The third-order valence-electron chi connectivity index (χ3n) is 1.51. The predicted molar refractivity (Wildman–Crippen MR) is 54.7 cm³/mol. The highest BCUT2D eigenvalue weighted by Crippen LogP contribution is 2.23. The van der Waals surface area contributed by atoms with Crippen LogP contribution in [0.4, 0.5) is 0 Å². The zero-order valence-electron chi connectivity index (χ0n) is 6.79. The molecule has 0 aromatic carbocycles. The fourth-order valence-electron chi connectivity index (χ4n) is 0.740. The first-order valence-electron chi connectivity index (χ1n) is 3.51. The Balaban J connectivity index is 3.27. The second-order valence-electron chi connectivity index (χ2n) is 2.35. The van der Waals surface area contributed by atoms with Gasteiger partial charge in [0.2, 0.25) is 0 Å². The fourth-order valence-corrected chi connectivity index (χ4v) is 2.19. The summed E-state index contributed by atoms with van der Waals surface area (Å²) >= 11 is 8.73. The van der Waals surface area contributed by atoms with Gasteiger partial charge < -0.3 is 0 Å². The van der Waals surface area contributed by atoms with Gasteiger partial charge in [-0.25, -0.2) is 13.4 Å². The number of hydrogen-bond donors (Lipinski definition) is 0. The maximum Gasteiger partial charge on any atom is 0.179 e. The van der Waals surface area contributed by atoms with E-state index in [1.54, 1.807) is 6.92 Å². The topological polar surface area (TPSA) is 47.0 Å². The van der Waals surface area contributed by atoms with E-state index in [1.165, 1.54) is 12.3 Å². The Morgan fingerprint density at radius 3 is 2.69 bits per heavy atom. The molecular weight excluding hydrogens is 278 g/mol. The lowest BCUT2D eigenvalue weighted by Gasteiger charge is -2.01. The molecule has 0 aliphatic rings. The van der Waals surface area contributed by atoms with Gasteiger partial charge in [-0.2, -0.15) is 0 Å². The van der Waals surface area contributed by atoms with Gasteiger partial charge in [-0.1, -0.05) is 18.5 Å². The van der Waals surface area contributed by atoms with Crippen molar-refractivity contribution < 1.29 is 8.42 Å². The third-order valence-corrected chi connectivity index (χ3v) is 4.35. The van der Waals surface area contributed by atoms with Crippen LogP contribution in [0.5, 0.6) is 0 Å². The van der Waals surface area contributed by atoms with Crippen LogP contribution in [0, 0.1) is 0 Å². The van der Waals surface area contributed by atoms with Gasteiger partial charge in [-0.05, 0) is 22.0 Å². The van der Waals surface area contributed by atoms with Crippen molar-refractivity contribution in [1.82, 2.24) is 4.98 Å². The number of nitrogens with zero attached hydrogens (tertiary/aromatic N) is 1. The predicted octanol–water partition coefficient (Wildman–Crippen LogP) is 2.29. The Morgan fingerprint density at radius 2 is 2.23 bits per heavy atom. The lowest BCUT2D eigenvalue weighted by atomic mass is 10.5. The quantitative estimate of drug-likeness (QED) is 0.783. The molecule has 0 atom stereocenters. The largest absolute Gasteiger partial charge is 0.242 e. The second kappa shape index (κ2) is 3.94. The fraction of sp³-hybridized carbons (Fsp3) is 0.286. The van der Waals surface area contributed by atoms with Crippen molar-refractivity contribution in [2.45, 2.75) is 11.8 Å². The monoisotopic (exact) mass is 283 g/mol. The molecule has 0 aliphatic carbocycles. The molecular formula is C7H7BrClNO2S. The van der Waals surface area contributed by atoms with Gasteiger partial charge in [0, 0.05) is 6.20 Å². The van der Waals surface area contributed by atoms with Crippen LogP contribution in [-0.2, 0) is 9.84 Å². The van der Waals surface area contributed by atoms with Gasteiger partial charge in [0.05, 0.1) is 15.1 Å². The van der Waals surface area contributed by atoms with E-state index in [4.69, 9.17) is 11.6 Å². The van der Waals surface area contributed by atoms with Crippen molar-refractivity contribution in [3.05, 3.63) is 21.9 Å². The number of hydrogen-bond acceptors (Lipinski definition) is 3. The molecule has 0 bridgehead atoms. The minimum Gasteiger partial charge on any atom is -0.242 e. The zero-order valence-corrected chi connectivity index (χ0v) is 9.95. The van der Waals surface area contributed by atoms with Crippen molar-refractivity contribution in [2.24, 2.45) is 0 Å². The number of pyridine rings is 1. The summed E-state index contributed by atoms with van der Waals surface area (Å²) in [5.41, 5.74) is 0. The molecule has 72 valence electrons. The summed E-state index contributed by atoms with van der Waals surface area (Å²) in [7, 11) is -3.19. The summed E-state index contributed by atoms with van der Waals surface area (Å²) in [5.74, 6) is 0.0583. The van der Waals surface area contributed by atoms with Crippen molar-refractivity contribution >= 4 is 37.4 Å². The summed E-state index contributed by atoms with van der Waals surface area (Å²) in [6, 6.07) is 1.45. The maximum atomic E-state index is 11.4. The highest BCUT2D eigenvalue weighted by atomic mass is 79.9. The van der Waals surface area contributed by atoms with Crippen LogP contribution in [0.3, 0.4) is 0 Å². The molecule has 6 heteroatoms. The Morgan fingerprint density at radius 1 is 1.62 bits per heavy atom. The first-order chi connectivity index (χ1) is 5.97. The maximum absolute atomic E-state index is 11.4. The molecule has 1 rings (SSSR count). The molecule has 0 amide bonds. The molecule has 0 fully saturated rings. The molecule has 1 heterocycles. The highest BCUT2D eigenvalue weighted by Gasteiger charge is 2.13. The molecule has 0 saturated heterocycles. The highest BCUT2D eigenvalue weighted by molar-refractivity contribution is 9.10. The van der Waals surface area contributed by atoms with Gasteiger partial charge in [-0.3, -0.25) is 0 Å². The van der Waals surface area contributed by atoms with Crippen LogP contribution in [0.1, 0.15) is 6.92 Å². The lowest BCUT2D eigenvalue weighted by Crippen LogP contribution is -2.04. The Hall–Kier alpha value is -0.130. The van der Waals surface area contributed by atoms with E-state index in [2.05, 4.69) is 20.9 Å². The van der Waals surface area contributed by atoms with E-state index in [0.29, 0.717) is 4.47 Å². The molecule has 3 nitrogen and oxygen atoms in total. The van der Waals surface area contributed by atoms with E-state index in [0.717, 1.165) is 0 Å². The Labute approximate surface area is 90.2 Å². The zero-order chi connectivity index (χ0) is 10.1. The molecule has 0 radical (unpaired) electrons. The van der Waals surface area contributed by atoms with Crippen LogP contribution < -0.4 is 0 Å². The van der Waals surface area contributed by atoms with E-state index >= 15 is 0 Å². The van der Waals surface area contributed by atoms with E-state index in [9.17, 15) is 8.42 Å². The molecule has 0 spiro atoms. The lowest BCUT2D eigenvalue weighted by molar-refractivity contribution is 0.597. The average molecular weight is 285 g/mol. The smallest absolute Gasteiger partial charge is 0.179 e. The molecule has 0 N–H and O–H groups in total. The first kappa shape index (κ1) is 10.9. The summed E-state index contributed by atoms with van der Waals surface area (Å²) in [6.45, 7) is 1.58. The minimum absolute atomic E-state index is 0.0583. The average Bonchev–Trinajstić information content (AvgIpc) is 2.09. The third kappa shape index (κ3) is 2.42. The number of sulfone groups is 1. The van der Waals surface area contributed by atoms with Crippen LogP contribution in [0.2, 0.25) is 5.15 Å². The standard InChI is InChI=1S/C7H7BrClNO2S/c1-2-13(11,12)5-3-6(8)7(9)10-4-5/h3-4H,2H2,1H3. The van der Waals surface area contributed by atoms with Gasteiger partial charge in [-0.15, -0.1) is 0 Å². The number of rotatable bonds is 2. The Kier molecular flexibility index (Phi) is 3.32. The molecule has 1 aromatic heterocycles. The normalized spacial score (nSPS) is 11.6. The van der Waals surface area contributed by atoms with Gasteiger partial charge in [0.15, 0.2) is 9.84 Å². The van der Waals surface area contributed by atoms with Crippen molar-refractivity contribution in [3.8, 4) is 0 Å². The summed E-state index contributed by atoms with van der Waals surface area (Å²) < 4.78 is 23.2. The molecule has 0 saturated carbocycles. The summed E-state index contributed by atoms with van der Waals surface area (Å²) in [4.78, 5) is 3.92. The molecule has 1 aromatic rings. The number of aromatic nitrogens is 1. The van der Waals surface area contributed by atoms with Crippen molar-refractivity contribution in [1.29, 1.82) is 0 Å². The van der Waals surface area contributed by atoms with Crippen LogP contribution in [0.15, 0.2) is 21.6 Å². The first-order valence-corrected chi connectivity index (χ1v) is 6.33. The van der Waals surface area contributed by atoms with Crippen LogP contribution >= 0.6 is 27.5 Å². The summed E-state index contributed by atoms with van der Waals surface area (Å²) in [5, 5.41) is 0.259. The molecule has 13 heavy (non-hydrogen) atoms. The van der Waals surface area contributed by atoms with Gasteiger partial charge >= 0.3 is 0 Å². The molecule has 0 unspecified atom stereocenters. The van der Waals surface area contributed by atoms with E-state index < -0.39 is 9.84 Å². The van der Waals surface area contributed by atoms with E-state index in [-0.39, 0.29) is 15.8 Å². The molecule has 0 aliphatic heterocycles. The summed E-state index contributed by atoms with van der Waals surface area (Å²) in [6.07, 6.45) is 1.26. The van der Waals surface area contributed by atoms with Crippen LogP contribution in [0.25, 0.3) is 0 Å². The van der Waals surface area contributed by atoms with Crippen molar-refractivity contribution in [2.75, 3.05) is 5.75 Å². The van der Waals surface area contributed by atoms with Crippen LogP contribution in [-0.4, -0.2) is 19.2 Å². The van der Waals surface area contributed by atoms with E-state index in [1.807, 2.05) is 0 Å². The SMILES string of the molecule is CCS(=O)(=O)c1cnc(Cl)c(Br)c1. The minimum atomic E-state index is -3.19. The Bertz CT molecular complexity index is 419. The van der Waals surface area contributed by atoms with Gasteiger partial charge in [0.25, 0.3) is 0 Å².